The molecule has 1 aliphatic carbocycles. The minimum absolute atomic E-state index is 0.0379. The Kier molecular flexibility index (Phi) is 5.66. The highest BCUT2D eigenvalue weighted by molar-refractivity contribution is 5.75. The molecular formula is C14H24O3. The fraction of sp³-hybridized carbons (Fsp3) is 0.857. The van der Waals surface area contributed by atoms with E-state index in [1.165, 1.54) is 19.3 Å². The summed E-state index contributed by atoms with van der Waals surface area (Å²) in [7, 11) is 0. The molecule has 0 spiro atoms. The van der Waals surface area contributed by atoms with E-state index >= 15 is 0 Å². The van der Waals surface area contributed by atoms with E-state index < -0.39 is 0 Å². The van der Waals surface area contributed by atoms with Gasteiger partial charge in [0.05, 0.1) is 13.0 Å². The molecule has 0 unspecified atom stereocenters. The van der Waals surface area contributed by atoms with Crippen molar-refractivity contribution in [1.29, 1.82) is 0 Å². The smallest absolute Gasteiger partial charge is 0.306 e. The number of ketones is 1. The quantitative estimate of drug-likeness (QED) is 0.669. The van der Waals surface area contributed by atoms with E-state index in [0.717, 1.165) is 19.3 Å². The lowest BCUT2D eigenvalue weighted by Gasteiger charge is -2.36. The van der Waals surface area contributed by atoms with Gasteiger partial charge in [0.15, 0.2) is 0 Å². The van der Waals surface area contributed by atoms with Crippen molar-refractivity contribution < 1.29 is 14.3 Å². The van der Waals surface area contributed by atoms with E-state index in [-0.39, 0.29) is 17.2 Å². The highest BCUT2D eigenvalue weighted by Gasteiger charge is 2.34. The summed E-state index contributed by atoms with van der Waals surface area (Å²) < 4.78 is 5.05. The van der Waals surface area contributed by atoms with Crippen LogP contribution < -0.4 is 0 Å². The van der Waals surface area contributed by atoms with Crippen LogP contribution in [0.5, 0.6) is 0 Å². The third-order valence-corrected chi connectivity index (χ3v) is 3.75. The Morgan fingerprint density at radius 3 is 2.35 bits per heavy atom. The highest BCUT2D eigenvalue weighted by Crippen LogP contribution is 2.43. The van der Waals surface area contributed by atoms with Crippen LogP contribution in [0, 0.1) is 5.41 Å². The largest absolute Gasteiger partial charge is 0.466 e. The molecule has 1 fully saturated rings. The molecule has 17 heavy (non-hydrogen) atoms. The first-order chi connectivity index (χ1) is 8.08. The average molecular weight is 240 g/mol. The van der Waals surface area contributed by atoms with Crippen LogP contribution in [0.2, 0.25) is 0 Å². The van der Waals surface area contributed by atoms with Crippen molar-refractivity contribution in [3.63, 3.8) is 0 Å². The van der Waals surface area contributed by atoms with Crippen molar-refractivity contribution in [2.45, 2.75) is 65.2 Å². The van der Waals surface area contributed by atoms with E-state index in [4.69, 9.17) is 4.74 Å². The van der Waals surface area contributed by atoms with Crippen molar-refractivity contribution in [2.75, 3.05) is 6.61 Å². The number of hydrogen-bond acceptors (Lipinski definition) is 3. The summed E-state index contributed by atoms with van der Waals surface area (Å²) in [6.07, 6.45) is 7.69. The number of Topliss-reactive ketones (excluding diaryl/α,β-unsaturated/α-hetero) is 1. The Morgan fingerprint density at radius 1 is 1.18 bits per heavy atom. The molecule has 0 aromatic heterocycles. The molecule has 0 aromatic carbocycles. The highest BCUT2D eigenvalue weighted by atomic mass is 16.5. The van der Waals surface area contributed by atoms with Gasteiger partial charge in [0.2, 0.25) is 0 Å². The zero-order valence-corrected chi connectivity index (χ0v) is 11.1. The second-order valence-corrected chi connectivity index (χ2v) is 5.24. The summed E-state index contributed by atoms with van der Waals surface area (Å²) in [4.78, 5) is 22.8. The van der Waals surface area contributed by atoms with Crippen molar-refractivity contribution in [1.82, 2.24) is 0 Å². The van der Waals surface area contributed by atoms with E-state index in [9.17, 15) is 9.59 Å². The van der Waals surface area contributed by atoms with Gasteiger partial charge in [0.1, 0.15) is 5.78 Å². The first kappa shape index (κ1) is 14.2. The Balaban J connectivity index is 2.57. The zero-order chi connectivity index (χ0) is 12.7. The van der Waals surface area contributed by atoms with Crippen molar-refractivity contribution in [3.05, 3.63) is 0 Å². The lowest BCUT2D eigenvalue weighted by molar-refractivity contribution is -0.147. The van der Waals surface area contributed by atoms with Gasteiger partial charge < -0.3 is 9.53 Å². The fourth-order valence-electron chi connectivity index (χ4n) is 2.78. The van der Waals surface area contributed by atoms with Crippen molar-refractivity contribution in [2.24, 2.45) is 5.41 Å². The van der Waals surface area contributed by atoms with Gasteiger partial charge in [-0.2, -0.15) is 0 Å². The number of rotatable bonds is 6. The van der Waals surface area contributed by atoms with E-state index in [1.807, 2.05) is 6.92 Å². The van der Waals surface area contributed by atoms with Gasteiger partial charge in [-0.15, -0.1) is 0 Å². The van der Waals surface area contributed by atoms with Gasteiger partial charge in [-0.25, -0.2) is 0 Å². The van der Waals surface area contributed by atoms with Crippen LogP contribution in [0.15, 0.2) is 0 Å². The maximum Gasteiger partial charge on any atom is 0.306 e. The molecule has 0 heterocycles. The molecular weight excluding hydrogens is 216 g/mol. The lowest BCUT2D eigenvalue weighted by atomic mass is 9.69. The van der Waals surface area contributed by atoms with Crippen LogP contribution in [0.25, 0.3) is 0 Å². The molecule has 98 valence electrons. The number of ether oxygens (including phenoxy) is 1. The maximum absolute atomic E-state index is 11.7. The summed E-state index contributed by atoms with van der Waals surface area (Å²) in [5.41, 5.74) is 0.0379. The molecule has 1 aliphatic rings. The van der Waals surface area contributed by atoms with E-state index in [1.54, 1.807) is 6.92 Å². The molecule has 0 amide bonds. The number of hydrogen-bond donors (Lipinski definition) is 0. The van der Waals surface area contributed by atoms with Crippen molar-refractivity contribution >= 4 is 11.8 Å². The molecule has 0 aromatic rings. The first-order valence-electron chi connectivity index (χ1n) is 6.73. The van der Waals surface area contributed by atoms with Gasteiger partial charge in [-0.1, -0.05) is 19.3 Å². The topological polar surface area (TPSA) is 43.4 Å². The maximum atomic E-state index is 11.7. The molecule has 1 rings (SSSR count). The minimum atomic E-state index is -0.0991. The number of carbonyl (C=O) groups excluding carboxylic acids is 2. The van der Waals surface area contributed by atoms with Crippen molar-refractivity contribution in [3.8, 4) is 0 Å². The summed E-state index contributed by atoms with van der Waals surface area (Å²) in [6.45, 7) is 3.91. The summed E-state index contributed by atoms with van der Waals surface area (Å²) in [6, 6.07) is 0. The number of carbonyl (C=O) groups is 2. The van der Waals surface area contributed by atoms with Crippen LogP contribution in [-0.4, -0.2) is 18.4 Å². The minimum Gasteiger partial charge on any atom is -0.466 e. The van der Waals surface area contributed by atoms with Crippen LogP contribution in [0.1, 0.15) is 65.2 Å². The monoisotopic (exact) mass is 240 g/mol. The standard InChI is InChI=1S/C14H24O3/c1-3-17-13(16)11-14(10-7-12(2)15)8-5-4-6-9-14/h3-11H2,1-2H3. The lowest BCUT2D eigenvalue weighted by Crippen LogP contribution is -2.29. The van der Waals surface area contributed by atoms with Gasteiger partial charge in [-0.3, -0.25) is 4.79 Å². The summed E-state index contributed by atoms with van der Waals surface area (Å²) in [5.74, 6) is 0.122. The summed E-state index contributed by atoms with van der Waals surface area (Å²) >= 11 is 0. The van der Waals surface area contributed by atoms with Gasteiger partial charge in [0, 0.05) is 6.42 Å². The van der Waals surface area contributed by atoms with E-state index in [0.29, 0.717) is 19.4 Å². The van der Waals surface area contributed by atoms with Crippen LogP contribution in [-0.2, 0) is 14.3 Å². The molecule has 0 saturated heterocycles. The van der Waals surface area contributed by atoms with Crippen LogP contribution >= 0.6 is 0 Å². The predicted octanol–water partition coefficient (Wildman–Crippen LogP) is 3.26. The van der Waals surface area contributed by atoms with Gasteiger partial charge in [0.25, 0.3) is 0 Å². The Labute approximate surface area is 104 Å². The molecule has 3 nitrogen and oxygen atoms in total. The van der Waals surface area contributed by atoms with Gasteiger partial charge in [-0.05, 0) is 38.5 Å². The van der Waals surface area contributed by atoms with Crippen LogP contribution in [0.3, 0.4) is 0 Å². The molecule has 0 aliphatic heterocycles. The molecule has 3 heteroatoms. The third-order valence-electron chi connectivity index (χ3n) is 3.75. The second-order valence-electron chi connectivity index (χ2n) is 5.24. The third kappa shape index (κ3) is 4.88. The predicted molar refractivity (Wildman–Crippen MR) is 66.7 cm³/mol. The second kappa shape index (κ2) is 6.77. The van der Waals surface area contributed by atoms with Gasteiger partial charge >= 0.3 is 5.97 Å². The molecule has 1 saturated carbocycles. The molecule has 0 atom stereocenters. The van der Waals surface area contributed by atoms with Crippen LogP contribution in [0.4, 0.5) is 0 Å². The Morgan fingerprint density at radius 2 is 1.82 bits per heavy atom. The molecule has 0 N–H and O–H groups in total. The fourth-order valence-corrected chi connectivity index (χ4v) is 2.78. The Hall–Kier alpha value is -0.860. The normalized spacial score (nSPS) is 18.7. The SMILES string of the molecule is CCOC(=O)CC1(CCC(C)=O)CCCCC1. The first-order valence-corrected chi connectivity index (χ1v) is 6.73. The average Bonchev–Trinajstić information content (AvgIpc) is 2.28. The van der Waals surface area contributed by atoms with E-state index in [2.05, 4.69) is 0 Å². The zero-order valence-electron chi connectivity index (χ0n) is 11.1. The molecule has 0 radical (unpaired) electrons. The molecule has 0 bridgehead atoms. The Bertz CT molecular complexity index is 265. The number of esters is 1. The summed E-state index contributed by atoms with van der Waals surface area (Å²) in [5, 5.41) is 0.